The van der Waals surface area contributed by atoms with Gasteiger partial charge in [0.05, 0.1) is 0 Å². The third-order valence-electron chi connectivity index (χ3n) is 2.42. The first kappa shape index (κ1) is 12.5. The van der Waals surface area contributed by atoms with Crippen molar-refractivity contribution < 1.29 is 4.79 Å². The molecule has 0 spiro atoms. The number of anilines is 1. The number of amides is 1. The Balaban J connectivity index is 2.26. The normalized spacial score (nSPS) is 10.5. The van der Waals surface area contributed by atoms with E-state index in [-0.39, 0.29) is 5.91 Å². The van der Waals surface area contributed by atoms with Gasteiger partial charge in [-0.2, -0.15) is 12.6 Å². The van der Waals surface area contributed by atoms with Gasteiger partial charge in [-0.05, 0) is 40.8 Å². The molecule has 0 saturated heterocycles. The van der Waals surface area contributed by atoms with Crippen LogP contribution in [0, 0.1) is 0 Å². The average Bonchev–Trinajstić information content (AvgIpc) is 2.29. The number of carbonyl (C=O) groups excluding carboxylic acids is 1. The van der Waals surface area contributed by atoms with Crippen LogP contribution in [0.1, 0.15) is 6.42 Å². The van der Waals surface area contributed by atoms with Gasteiger partial charge in [0.2, 0.25) is 5.91 Å². The van der Waals surface area contributed by atoms with Gasteiger partial charge in [0.1, 0.15) is 0 Å². The number of carbonyl (C=O) groups is 1. The van der Waals surface area contributed by atoms with E-state index < -0.39 is 0 Å². The van der Waals surface area contributed by atoms with Crippen LogP contribution in [-0.2, 0) is 4.79 Å². The van der Waals surface area contributed by atoms with Gasteiger partial charge in [-0.25, -0.2) is 0 Å². The quantitative estimate of drug-likeness (QED) is 0.828. The van der Waals surface area contributed by atoms with Gasteiger partial charge in [-0.3, -0.25) is 4.79 Å². The molecule has 0 unspecified atom stereocenters. The number of nitrogens with one attached hydrogen (secondary N) is 1. The summed E-state index contributed by atoms with van der Waals surface area (Å²) < 4.78 is 1.05. The Bertz CT molecular complexity index is 556. The molecule has 0 radical (unpaired) electrons. The fourth-order valence-electron chi connectivity index (χ4n) is 1.62. The first-order valence-electron chi connectivity index (χ1n) is 5.29. The second-order valence-corrected chi connectivity index (χ2v) is 5.09. The van der Waals surface area contributed by atoms with E-state index >= 15 is 0 Å². The molecule has 88 valence electrons. The number of fused-ring (bicyclic) bond motifs is 1. The zero-order valence-electron chi connectivity index (χ0n) is 9.11. The lowest BCUT2D eigenvalue weighted by Crippen LogP contribution is -2.11. The van der Waals surface area contributed by atoms with E-state index in [1.165, 1.54) is 0 Å². The van der Waals surface area contributed by atoms with Crippen molar-refractivity contribution in [1.29, 1.82) is 0 Å². The smallest absolute Gasteiger partial charge is 0.225 e. The lowest BCUT2D eigenvalue weighted by molar-refractivity contribution is -0.115. The van der Waals surface area contributed by atoms with E-state index in [9.17, 15) is 4.79 Å². The fraction of sp³-hybridized carbons (Fsp3) is 0.154. The van der Waals surface area contributed by atoms with Crippen LogP contribution in [0.3, 0.4) is 0 Å². The topological polar surface area (TPSA) is 29.1 Å². The molecular formula is C13H12BrNOS. The molecule has 0 aliphatic rings. The van der Waals surface area contributed by atoms with Gasteiger partial charge in [0.15, 0.2) is 0 Å². The molecule has 1 amide bonds. The van der Waals surface area contributed by atoms with E-state index in [0.29, 0.717) is 12.2 Å². The summed E-state index contributed by atoms with van der Waals surface area (Å²) in [6.45, 7) is 0. The monoisotopic (exact) mass is 309 g/mol. The molecule has 0 aromatic heterocycles. The number of halogens is 1. The zero-order valence-corrected chi connectivity index (χ0v) is 11.6. The second-order valence-electron chi connectivity index (χ2n) is 3.73. The molecule has 17 heavy (non-hydrogen) atoms. The molecule has 0 fully saturated rings. The molecule has 2 nitrogen and oxygen atoms in total. The average molecular weight is 310 g/mol. The maximum atomic E-state index is 11.4. The van der Waals surface area contributed by atoms with Crippen molar-refractivity contribution in [3.8, 4) is 0 Å². The largest absolute Gasteiger partial charge is 0.326 e. The highest BCUT2D eigenvalue weighted by molar-refractivity contribution is 9.10. The Labute approximate surface area is 114 Å². The highest BCUT2D eigenvalue weighted by atomic mass is 79.9. The van der Waals surface area contributed by atoms with Gasteiger partial charge in [0.25, 0.3) is 0 Å². The van der Waals surface area contributed by atoms with Gasteiger partial charge in [-0.1, -0.05) is 28.1 Å². The van der Waals surface area contributed by atoms with Crippen LogP contribution in [0.2, 0.25) is 0 Å². The summed E-state index contributed by atoms with van der Waals surface area (Å²) in [7, 11) is 0. The molecule has 1 N–H and O–H groups in total. The van der Waals surface area contributed by atoms with Crippen molar-refractivity contribution in [2.45, 2.75) is 6.42 Å². The van der Waals surface area contributed by atoms with Crippen molar-refractivity contribution in [3.63, 3.8) is 0 Å². The standard InChI is InChI=1S/C13H12BrNOS/c14-11-3-1-10-8-12(4-2-9(10)7-11)15-13(16)5-6-17/h1-4,7-8,17H,5-6H2,(H,15,16). The highest BCUT2D eigenvalue weighted by Gasteiger charge is 2.02. The molecule has 0 atom stereocenters. The van der Waals surface area contributed by atoms with E-state index in [1.807, 2.05) is 30.3 Å². The third-order valence-corrected chi connectivity index (χ3v) is 3.14. The Hall–Kier alpha value is -1.00. The van der Waals surface area contributed by atoms with Crippen LogP contribution < -0.4 is 5.32 Å². The van der Waals surface area contributed by atoms with Gasteiger partial charge < -0.3 is 5.32 Å². The predicted molar refractivity (Wildman–Crippen MR) is 78.7 cm³/mol. The van der Waals surface area contributed by atoms with E-state index in [0.717, 1.165) is 20.9 Å². The number of hydrogen-bond acceptors (Lipinski definition) is 2. The summed E-state index contributed by atoms with van der Waals surface area (Å²) in [6, 6.07) is 11.9. The van der Waals surface area contributed by atoms with E-state index in [1.54, 1.807) is 0 Å². The molecule has 2 rings (SSSR count). The molecule has 2 aromatic carbocycles. The lowest BCUT2D eigenvalue weighted by atomic mass is 10.1. The second kappa shape index (κ2) is 5.56. The van der Waals surface area contributed by atoms with Crippen molar-refractivity contribution in [3.05, 3.63) is 40.9 Å². The summed E-state index contributed by atoms with van der Waals surface area (Å²) in [4.78, 5) is 11.4. The lowest BCUT2D eigenvalue weighted by Gasteiger charge is -2.06. The molecule has 4 heteroatoms. The van der Waals surface area contributed by atoms with Crippen molar-refractivity contribution in [2.75, 3.05) is 11.1 Å². The number of hydrogen-bond donors (Lipinski definition) is 2. The maximum Gasteiger partial charge on any atom is 0.225 e. The SMILES string of the molecule is O=C(CCS)Nc1ccc2cc(Br)ccc2c1. The fourth-order valence-corrected chi connectivity index (χ4v) is 2.20. The van der Waals surface area contributed by atoms with Crippen molar-refractivity contribution in [1.82, 2.24) is 0 Å². The minimum atomic E-state index is -0.00328. The first-order chi connectivity index (χ1) is 8.19. The van der Waals surface area contributed by atoms with Crippen LogP contribution in [-0.4, -0.2) is 11.7 Å². The molecule has 2 aromatic rings. The summed E-state index contributed by atoms with van der Waals surface area (Å²) in [6.07, 6.45) is 0.432. The number of benzene rings is 2. The maximum absolute atomic E-state index is 11.4. The van der Waals surface area contributed by atoms with Crippen LogP contribution in [0.5, 0.6) is 0 Å². The summed E-state index contributed by atoms with van der Waals surface area (Å²) >= 11 is 7.46. The van der Waals surface area contributed by atoms with Gasteiger partial charge >= 0.3 is 0 Å². The molecule has 0 bridgehead atoms. The molecule has 0 saturated carbocycles. The van der Waals surface area contributed by atoms with Crippen LogP contribution in [0.25, 0.3) is 10.8 Å². The Morgan fingerprint density at radius 3 is 2.65 bits per heavy atom. The first-order valence-corrected chi connectivity index (χ1v) is 6.71. The van der Waals surface area contributed by atoms with Gasteiger partial charge in [-0.15, -0.1) is 0 Å². The Morgan fingerprint density at radius 2 is 1.88 bits per heavy atom. The summed E-state index contributed by atoms with van der Waals surface area (Å²) in [5.41, 5.74) is 0.826. The van der Waals surface area contributed by atoms with Gasteiger partial charge in [0, 0.05) is 16.6 Å². The van der Waals surface area contributed by atoms with Crippen molar-refractivity contribution in [2.24, 2.45) is 0 Å². The van der Waals surface area contributed by atoms with E-state index in [4.69, 9.17) is 0 Å². The minimum Gasteiger partial charge on any atom is -0.326 e. The molecule has 0 heterocycles. The van der Waals surface area contributed by atoms with Crippen molar-refractivity contribution >= 4 is 50.9 Å². The van der Waals surface area contributed by atoms with Crippen LogP contribution in [0.4, 0.5) is 5.69 Å². The summed E-state index contributed by atoms with van der Waals surface area (Å²) in [5, 5.41) is 5.10. The number of rotatable bonds is 3. The van der Waals surface area contributed by atoms with E-state index in [2.05, 4.69) is 39.9 Å². The van der Waals surface area contributed by atoms with Crippen LogP contribution >= 0.6 is 28.6 Å². The van der Waals surface area contributed by atoms with Crippen LogP contribution in [0.15, 0.2) is 40.9 Å². The Morgan fingerprint density at radius 1 is 1.18 bits per heavy atom. The summed E-state index contributed by atoms with van der Waals surface area (Å²) in [5.74, 6) is 0.559. The Kier molecular flexibility index (Phi) is 4.07. The number of thiol groups is 1. The minimum absolute atomic E-state index is 0.00328. The molecular weight excluding hydrogens is 298 g/mol. The molecule has 0 aliphatic carbocycles. The molecule has 0 aliphatic heterocycles. The zero-order chi connectivity index (χ0) is 12.3. The predicted octanol–water partition coefficient (Wildman–Crippen LogP) is 3.86. The third kappa shape index (κ3) is 3.23. The highest BCUT2D eigenvalue weighted by Crippen LogP contribution is 2.23.